The summed E-state index contributed by atoms with van der Waals surface area (Å²) in [6.07, 6.45) is 3.25. The first kappa shape index (κ1) is 14.8. The minimum atomic E-state index is 0.268. The molecule has 1 fully saturated rings. The molecule has 4 heteroatoms. The third-order valence-corrected chi connectivity index (χ3v) is 6.07. The molecule has 2 aliphatic rings. The van der Waals surface area contributed by atoms with Gasteiger partial charge in [0.05, 0.1) is 12.6 Å². The Hall–Kier alpha value is -1.81. The standard InChI is InChI=1S/C19H22N2OS/c1-14-12-15-6-2-3-7-16(15)21(14)13-19(22)20-10-4-8-17(20)18-9-5-11-23-18/h2-3,5-7,9,11,14,17H,4,8,10,12-13H2,1H3/t14-,17+/m0/s1. The van der Waals surface area contributed by atoms with E-state index in [-0.39, 0.29) is 11.9 Å². The fourth-order valence-corrected chi connectivity index (χ4v) is 4.82. The van der Waals surface area contributed by atoms with Crippen molar-refractivity contribution in [2.75, 3.05) is 18.0 Å². The number of anilines is 1. The third kappa shape index (κ3) is 2.65. The maximum absolute atomic E-state index is 13.0. The van der Waals surface area contributed by atoms with Gasteiger partial charge in [0.2, 0.25) is 5.91 Å². The van der Waals surface area contributed by atoms with Gasteiger partial charge in [-0.25, -0.2) is 0 Å². The van der Waals surface area contributed by atoms with E-state index in [9.17, 15) is 4.79 Å². The van der Waals surface area contributed by atoms with E-state index in [1.54, 1.807) is 11.3 Å². The van der Waals surface area contributed by atoms with Gasteiger partial charge in [-0.2, -0.15) is 0 Å². The number of thiophene rings is 1. The molecule has 0 bridgehead atoms. The van der Waals surface area contributed by atoms with E-state index in [0.29, 0.717) is 12.6 Å². The van der Waals surface area contributed by atoms with Crippen molar-refractivity contribution in [3.8, 4) is 0 Å². The molecule has 1 amide bonds. The number of para-hydroxylation sites is 1. The number of carbonyl (C=O) groups is 1. The van der Waals surface area contributed by atoms with Crippen LogP contribution in [0.15, 0.2) is 41.8 Å². The zero-order valence-corrected chi connectivity index (χ0v) is 14.3. The van der Waals surface area contributed by atoms with Crippen molar-refractivity contribution in [3.05, 3.63) is 52.2 Å². The number of likely N-dealkylation sites (tertiary alicyclic amines) is 1. The summed E-state index contributed by atoms with van der Waals surface area (Å²) in [5, 5.41) is 2.11. The molecule has 2 aliphatic heterocycles. The van der Waals surface area contributed by atoms with E-state index in [1.165, 1.54) is 16.1 Å². The van der Waals surface area contributed by atoms with Crippen LogP contribution < -0.4 is 4.90 Å². The second kappa shape index (κ2) is 6.00. The Bertz CT molecular complexity index is 697. The lowest BCUT2D eigenvalue weighted by molar-refractivity contribution is -0.130. The number of rotatable bonds is 3. The zero-order valence-electron chi connectivity index (χ0n) is 13.4. The molecule has 23 heavy (non-hydrogen) atoms. The fraction of sp³-hybridized carbons (Fsp3) is 0.421. The number of hydrogen-bond acceptors (Lipinski definition) is 3. The van der Waals surface area contributed by atoms with Crippen LogP contribution in [0.5, 0.6) is 0 Å². The highest BCUT2D eigenvalue weighted by Crippen LogP contribution is 2.36. The lowest BCUT2D eigenvalue weighted by Gasteiger charge is -2.29. The molecule has 0 radical (unpaired) electrons. The fourth-order valence-electron chi connectivity index (χ4n) is 3.95. The van der Waals surface area contributed by atoms with Gasteiger partial charge in [-0.1, -0.05) is 24.3 Å². The molecule has 3 nitrogen and oxygen atoms in total. The van der Waals surface area contributed by atoms with Crippen molar-refractivity contribution in [1.29, 1.82) is 0 Å². The molecule has 4 rings (SSSR count). The number of benzene rings is 1. The molecule has 1 saturated heterocycles. The van der Waals surface area contributed by atoms with Crippen LogP contribution in [0.4, 0.5) is 5.69 Å². The predicted molar refractivity (Wildman–Crippen MR) is 95.0 cm³/mol. The van der Waals surface area contributed by atoms with Crippen molar-refractivity contribution >= 4 is 22.9 Å². The summed E-state index contributed by atoms with van der Waals surface area (Å²) in [7, 11) is 0. The van der Waals surface area contributed by atoms with Crippen molar-refractivity contribution < 1.29 is 4.79 Å². The van der Waals surface area contributed by atoms with Crippen LogP contribution in [0.3, 0.4) is 0 Å². The van der Waals surface area contributed by atoms with Crippen LogP contribution in [0.1, 0.15) is 36.2 Å². The van der Waals surface area contributed by atoms with E-state index in [1.807, 2.05) is 0 Å². The van der Waals surface area contributed by atoms with Gasteiger partial charge in [0, 0.05) is 23.2 Å². The molecule has 1 aromatic heterocycles. The SMILES string of the molecule is C[C@H]1Cc2ccccc2N1CC(=O)N1CCC[C@@H]1c1cccs1. The van der Waals surface area contributed by atoms with Gasteiger partial charge in [-0.15, -0.1) is 11.3 Å². The van der Waals surface area contributed by atoms with Gasteiger partial charge >= 0.3 is 0 Å². The van der Waals surface area contributed by atoms with Crippen LogP contribution in [0.2, 0.25) is 0 Å². The van der Waals surface area contributed by atoms with E-state index in [2.05, 4.69) is 58.5 Å². The molecule has 0 spiro atoms. The molecule has 0 saturated carbocycles. The second-order valence-electron chi connectivity index (χ2n) is 6.57. The summed E-state index contributed by atoms with van der Waals surface area (Å²) in [4.78, 5) is 18.7. The van der Waals surface area contributed by atoms with Crippen LogP contribution in [-0.4, -0.2) is 29.9 Å². The summed E-state index contributed by atoms with van der Waals surface area (Å²) < 4.78 is 0. The average Bonchev–Trinajstić information content (AvgIpc) is 3.26. The van der Waals surface area contributed by atoms with Crippen molar-refractivity contribution in [1.82, 2.24) is 4.90 Å². The number of carbonyl (C=O) groups excluding carboxylic acids is 1. The van der Waals surface area contributed by atoms with Gasteiger partial charge in [-0.3, -0.25) is 4.79 Å². The maximum atomic E-state index is 13.0. The monoisotopic (exact) mass is 326 g/mol. The van der Waals surface area contributed by atoms with E-state index in [0.717, 1.165) is 25.8 Å². The first-order valence-electron chi connectivity index (χ1n) is 8.41. The van der Waals surface area contributed by atoms with Gasteiger partial charge in [0.15, 0.2) is 0 Å². The van der Waals surface area contributed by atoms with Gasteiger partial charge < -0.3 is 9.80 Å². The molecule has 2 atom stereocenters. The topological polar surface area (TPSA) is 23.6 Å². The number of hydrogen-bond donors (Lipinski definition) is 0. The smallest absolute Gasteiger partial charge is 0.242 e. The van der Waals surface area contributed by atoms with Crippen molar-refractivity contribution in [2.45, 2.75) is 38.3 Å². The summed E-state index contributed by atoms with van der Waals surface area (Å²) in [6, 6.07) is 13.4. The van der Waals surface area contributed by atoms with E-state index in [4.69, 9.17) is 0 Å². The Kier molecular flexibility index (Phi) is 3.85. The number of nitrogens with zero attached hydrogens (tertiary/aromatic N) is 2. The summed E-state index contributed by atoms with van der Waals surface area (Å²) in [5.74, 6) is 0.268. The van der Waals surface area contributed by atoms with Crippen LogP contribution in [0, 0.1) is 0 Å². The molecule has 1 aromatic carbocycles. The average molecular weight is 326 g/mol. The Morgan fingerprint density at radius 2 is 2.13 bits per heavy atom. The largest absolute Gasteiger partial charge is 0.359 e. The van der Waals surface area contributed by atoms with E-state index < -0.39 is 0 Å². The Balaban J connectivity index is 1.52. The van der Waals surface area contributed by atoms with Gasteiger partial charge in [-0.05, 0) is 49.3 Å². The van der Waals surface area contributed by atoms with Gasteiger partial charge in [0.1, 0.15) is 0 Å². The summed E-state index contributed by atoms with van der Waals surface area (Å²) in [5.41, 5.74) is 2.60. The molecular formula is C19H22N2OS. The first-order chi connectivity index (χ1) is 11.2. The third-order valence-electron chi connectivity index (χ3n) is 5.10. The maximum Gasteiger partial charge on any atom is 0.242 e. The molecular weight excluding hydrogens is 304 g/mol. The highest BCUT2D eigenvalue weighted by Gasteiger charge is 2.34. The minimum absolute atomic E-state index is 0.268. The molecule has 0 N–H and O–H groups in total. The first-order valence-corrected chi connectivity index (χ1v) is 9.29. The highest BCUT2D eigenvalue weighted by molar-refractivity contribution is 7.10. The molecule has 0 aliphatic carbocycles. The molecule has 0 unspecified atom stereocenters. The second-order valence-corrected chi connectivity index (χ2v) is 7.55. The quantitative estimate of drug-likeness (QED) is 0.855. The van der Waals surface area contributed by atoms with Crippen LogP contribution in [0.25, 0.3) is 0 Å². The van der Waals surface area contributed by atoms with Crippen LogP contribution in [-0.2, 0) is 11.2 Å². The Morgan fingerprint density at radius 3 is 2.96 bits per heavy atom. The normalized spacial score (nSPS) is 23.3. The van der Waals surface area contributed by atoms with Crippen molar-refractivity contribution in [2.24, 2.45) is 0 Å². The molecule has 3 heterocycles. The lowest BCUT2D eigenvalue weighted by Crippen LogP contribution is -2.42. The Morgan fingerprint density at radius 1 is 1.26 bits per heavy atom. The number of fused-ring (bicyclic) bond motifs is 1. The zero-order chi connectivity index (χ0) is 15.8. The van der Waals surface area contributed by atoms with Crippen LogP contribution >= 0.6 is 11.3 Å². The number of amides is 1. The predicted octanol–water partition coefficient (Wildman–Crippen LogP) is 3.86. The lowest BCUT2D eigenvalue weighted by atomic mass is 10.1. The molecule has 2 aromatic rings. The summed E-state index contributed by atoms with van der Waals surface area (Å²) >= 11 is 1.77. The molecule has 120 valence electrons. The highest BCUT2D eigenvalue weighted by atomic mass is 32.1. The van der Waals surface area contributed by atoms with Crippen molar-refractivity contribution in [3.63, 3.8) is 0 Å². The summed E-state index contributed by atoms with van der Waals surface area (Å²) in [6.45, 7) is 3.61. The van der Waals surface area contributed by atoms with E-state index >= 15 is 0 Å². The van der Waals surface area contributed by atoms with Gasteiger partial charge in [0.25, 0.3) is 0 Å². The Labute approximate surface area is 141 Å². The minimum Gasteiger partial charge on any atom is -0.359 e.